The number of aliphatic carboxylic acids is 1. The topological polar surface area (TPSA) is 136 Å². The van der Waals surface area contributed by atoms with Gasteiger partial charge >= 0.3 is 11.9 Å². The van der Waals surface area contributed by atoms with E-state index in [1.807, 2.05) is 0 Å². The number of nitrogens with zero attached hydrogens (tertiary/aromatic N) is 2. The summed E-state index contributed by atoms with van der Waals surface area (Å²) < 4.78 is 15.8. The lowest BCUT2D eigenvalue weighted by Gasteiger charge is -2.12. The van der Waals surface area contributed by atoms with Crippen LogP contribution < -0.4 is 19.5 Å². The average Bonchev–Trinajstić information content (AvgIpc) is 3.13. The van der Waals surface area contributed by atoms with Crippen molar-refractivity contribution in [2.45, 2.75) is 11.7 Å². The predicted octanol–water partition coefficient (Wildman–Crippen LogP) is 2.97. The van der Waals surface area contributed by atoms with E-state index in [9.17, 15) is 14.4 Å². The summed E-state index contributed by atoms with van der Waals surface area (Å²) in [5.41, 5.74) is 0.787. The molecule has 0 aromatic heterocycles. The van der Waals surface area contributed by atoms with Crippen LogP contribution in [0.3, 0.4) is 0 Å². The molecule has 0 saturated carbocycles. The van der Waals surface area contributed by atoms with Crippen LogP contribution in [0.1, 0.15) is 22.3 Å². The highest BCUT2D eigenvalue weighted by atomic mass is 35.5. The number of hydrogen-bond acceptors (Lipinski definition) is 9. The summed E-state index contributed by atoms with van der Waals surface area (Å²) in [6, 6.07) is 9.42. The minimum atomic E-state index is -1.08. The van der Waals surface area contributed by atoms with Crippen molar-refractivity contribution in [2.75, 3.05) is 14.2 Å². The molecule has 1 saturated heterocycles. The van der Waals surface area contributed by atoms with Gasteiger partial charge in [0, 0.05) is 5.56 Å². The zero-order valence-electron chi connectivity index (χ0n) is 17.4. The lowest BCUT2D eigenvalue weighted by Crippen LogP contribution is -2.26. The van der Waals surface area contributed by atoms with Crippen molar-refractivity contribution < 1.29 is 33.7 Å². The molecule has 2 N–H and O–H groups in total. The van der Waals surface area contributed by atoms with Crippen molar-refractivity contribution in [3.05, 3.63) is 52.5 Å². The van der Waals surface area contributed by atoms with Crippen molar-refractivity contribution in [3.8, 4) is 17.2 Å². The fourth-order valence-corrected chi connectivity index (χ4v) is 3.86. The summed E-state index contributed by atoms with van der Waals surface area (Å²) in [7, 11) is 2.92. The van der Waals surface area contributed by atoms with Crippen LogP contribution >= 0.6 is 23.4 Å². The first-order chi connectivity index (χ1) is 15.8. The molecule has 0 bridgehead atoms. The first kappa shape index (κ1) is 24.1. The van der Waals surface area contributed by atoms with Crippen molar-refractivity contribution in [1.82, 2.24) is 5.32 Å². The summed E-state index contributed by atoms with van der Waals surface area (Å²) in [6.45, 7) is 0. The molecular formula is C21H18ClN3O7S. The number of carboxylic acids is 1. The molecule has 1 fully saturated rings. The second kappa shape index (κ2) is 10.8. The molecule has 0 unspecified atom stereocenters. The van der Waals surface area contributed by atoms with Gasteiger partial charge in [-0.2, -0.15) is 5.10 Å². The number of halogens is 1. The van der Waals surface area contributed by atoms with Crippen molar-refractivity contribution in [3.63, 3.8) is 0 Å². The number of nitrogens with one attached hydrogen (secondary N) is 1. The average molecular weight is 492 g/mol. The summed E-state index contributed by atoms with van der Waals surface area (Å²) in [4.78, 5) is 35.0. The van der Waals surface area contributed by atoms with Gasteiger partial charge in [-0.1, -0.05) is 23.4 Å². The molecular weight excluding hydrogens is 474 g/mol. The Morgan fingerprint density at radius 3 is 2.58 bits per heavy atom. The molecule has 1 amide bonds. The monoisotopic (exact) mass is 491 g/mol. The molecule has 33 heavy (non-hydrogen) atoms. The maximum absolute atomic E-state index is 12.5. The quantitative estimate of drug-likeness (QED) is 0.249. The molecule has 0 spiro atoms. The molecule has 1 aliphatic heterocycles. The minimum absolute atomic E-state index is 0.0403. The number of benzene rings is 2. The molecule has 2 aromatic rings. The molecule has 0 aliphatic carbocycles. The van der Waals surface area contributed by atoms with Crippen LogP contribution in [0.4, 0.5) is 0 Å². The van der Waals surface area contributed by atoms with E-state index in [4.69, 9.17) is 30.9 Å². The van der Waals surface area contributed by atoms with Crippen LogP contribution in [-0.4, -0.2) is 53.8 Å². The van der Waals surface area contributed by atoms with Gasteiger partial charge in [-0.05, 0) is 36.4 Å². The number of ether oxygens (including phenoxy) is 3. The van der Waals surface area contributed by atoms with E-state index < -0.39 is 23.1 Å². The number of methoxy groups -OCH3 is 2. The van der Waals surface area contributed by atoms with E-state index in [2.05, 4.69) is 15.5 Å². The number of amidine groups is 1. The largest absolute Gasteiger partial charge is 0.497 e. The van der Waals surface area contributed by atoms with Crippen LogP contribution in [0.15, 0.2) is 46.6 Å². The summed E-state index contributed by atoms with van der Waals surface area (Å²) in [5, 5.41) is 18.6. The second-order valence-electron chi connectivity index (χ2n) is 6.50. The third kappa shape index (κ3) is 6.24. The summed E-state index contributed by atoms with van der Waals surface area (Å²) >= 11 is 7.27. The van der Waals surface area contributed by atoms with E-state index in [1.54, 1.807) is 30.3 Å². The molecule has 12 heteroatoms. The summed E-state index contributed by atoms with van der Waals surface area (Å²) in [6.07, 6.45) is 1.04. The Labute approximate surface area is 197 Å². The Bertz CT molecular complexity index is 1140. The van der Waals surface area contributed by atoms with Crippen LogP contribution in [0.5, 0.6) is 17.2 Å². The number of esters is 1. The lowest BCUT2D eigenvalue weighted by atomic mass is 10.2. The Morgan fingerprint density at radius 1 is 1.21 bits per heavy atom. The number of rotatable bonds is 8. The summed E-state index contributed by atoms with van der Waals surface area (Å²) in [5.74, 6) is -1.31. The molecule has 0 radical (unpaired) electrons. The lowest BCUT2D eigenvalue weighted by molar-refractivity contribution is -0.138. The van der Waals surface area contributed by atoms with Crippen molar-refractivity contribution in [1.29, 1.82) is 0 Å². The van der Waals surface area contributed by atoms with Crippen molar-refractivity contribution >= 4 is 52.6 Å². The number of hydrogen-bond donors (Lipinski definition) is 2. The fraction of sp³-hybridized carbons (Fsp3) is 0.190. The standard InChI is InChI=1S/C21H18ClN3O7S/c1-30-13-5-3-12(4-6-13)20(29)32-18-14(22)7-11(8-15(18)31-2)10-23-25-21-24-19(28)16(33-21)9-17(26)27/h3-8,10,16H,9H2,1-2H3,(H,26,27)(H,24,25,28)/b23-10-/t16-/m0/s1. The van der Waals surface area contributed by atoms with E-state index >= 15 is 0 Å². The molecule has 2 aromatic carbocycles. The van der Waals surface area contributed by atoms with Gasteiger partial charge < -0.3 is 24.6 Å². The van der Waals surface area contributed by atoms with Gasteiger partial charge in [-0.15, -0.1) is 5.10 Å². The SMILES string of the molecule is COc1ccc(C(=O)Oc2c(Cl)cc(/C=N\N=C3\NC(=O)[C@H](CC(=O)O)S3)cc2OC)cc1. The van der Waals surface area contributed by atoms with Crippen LogP contribution in [0, 0.1) is 0 Å². The van der Waals surface area contributed by atoms with Gasteiger partial charge in [-0.3, -0.25) is 9.59 Å². The van der Waals surface area contributed by atoms with Crippen LogP contribution in [0.25, 0.3) is 0 Å². The normalized spacial score (nSPS) is 16.6. The van der Waals surface area contributed by atoms with Gasteiger partial charge in [0.1, 0.15) is 11.0 Å². The minimum Gasteiger partial charge on any atom is -0.497 e. The number of carbonyl (C=O) groups excluding carboxylic acids is 2. The second-order valence-corrected chi connectivity index (χ2v) is 8.09. The highest BCUT2D eigenvalue weighted by molar-refractivity contribution is 8.15. The molecule has 1 atom stereocenters. The first-order valence-electron chi connectivity index (χ1n) is 9.34. The van der Waals surface area contributed by atoms with E-state index in [-0.39, 0.29) is 28.1 Å². The Kier molecular flexibility index (Phi) is 7.91. The van der Waals surface area contributed by atoms with E-state index in [1.165, 1.54) is 26.5 Å². The molecule has 10 nitrogen and oxygen atoms in total. The number of carbonyl (C=O) groups is 3. The smallest absolute Gasteiger partial charge is 0.343 e. The zero-order chi connectivity index (χ0) is 24.0. The predicted molar refractivity (Wildman–Crippen MR) is 123 cm³/mol. The van der Waals surface area contributed by atoms with Gasteiger partial charge in [0.15, 0.2) is 16.7 Å². The number of carboxylic acid groups (broad SMARTS) is 1. The van der Waals surface area contributed by atoms with Crippen molar-refractivity contribution in [2.24, 2.45) is 10.2 Å². The Hall–Kier alpha value is -3.57. The first-order valence-corrected chi connectivity index (χ1v) is 10.6. The zero-order valence-corrected chi connectivity index (χ0v) is 19.0. The number of thioether (sulfide) groups is 1. The molecule has 1 aliphatic rings. The number of amides is 1. The maximum Gasteiger partial charge on any atom is 0.343 e. The molecule has 172 valence electrons. The van der Waals surface area contributed by atoms with Crippen LogP contribution in [-0.2, 0) is 9.59 Å². The third-order valence-corrected chi connectivity index (χ3v) is 5.62. The molecule has 3 rings (SSSR count). The van der Waals surface area contributed by atoms with Gasteiger partial charge in [0.05, 0.1) is 37.4 Å². The van der Waals surface area contributed by atoms with Crippen LogP contribution in [0.2, 0.25) is 5.02 Å². The van der Waals surface area contributed by atoms with E-state index in [0.717, 1.165) is 11.8 Å². The Balaban J connectivity index is 1.72. The third-order valence-electron chi connectivity index (χ3n) is 4.26. The highest BCUT2D eigenvalue weighted by Crippen LogP contribution is 2.36. The highest BCUT2D eigenvalue weighted by Gasteiger charge is 2.32. The van der Waals surface area contributed by atoms with Gasteiger partial charge in [0.25, 0.3) is 0 Å². The Morgan fingerprint density at radius 2 is 1.94 bits per heavy atom. The van der Waals surface area contributed by atoms with Gasteiger partial charge in [-0.25, -0.2) is 4.79 Å². The maximum atomic E-state index is 12.5. The van der Waals surface area contributed by atoms with E-state index in [0.29, 0.717) is 16.9 Å². The molecule has 1 heterocycles. The van der Waals surface area contributed by atoms with Gasteiger partial charge in [0.2, 0.25) is 5.91 Å². The fourth-order valence-electron chi connectivity index (χ4n) is 2.69.